The largest absolute Gasteiger partial charge is 0.504 e. The van der Waals surface area contributed by atoms with Crippen molar-refractivity contribution >= 4 is 5.78 Å². The maximum Gasteiger partial charge on any atom is 0.174 e. The Bertz CT molecular complexity index is 849. The zero-order valence-electron chi connectivity index (χ0n) is 15.2. The predicted octanol–water partition coefficient (Wildman–Crippen LogP) is 1.67. The summed E-state index contributed by atoms with van der Waals surface area (Å²) in [4.78, 5) is 12.8. The lowest BCUT2D eigenvalue weighted by atomic mass is 9.48. The van der Waals surface area contributed by atoms with Crippen molar-refractivity contribution in [3.63, 3.8) is 0 Å². The summed E-state index contributed by atoms with van der Waals surface area (Å²) in [5.41, 5.74) is 0.492. The average Bonchev–Trinajstić information content (AvgIpc) is 3.32. The van der Waals surface area contributed by atoms with Crippen LogP contribution in [0.5, 0.6) is 11.5 Å². The average molecular weight is 356 g/mol. The molecule has 3 aliphatic carbocycles. The van der Waals surface area contributed by atoms with Crippen LogP contribution >= 0.6 is 0 Å². The lowest BCUT2D eigenvalue weighted by Crippen LogP contribution is -2.80. The highest BCUT2D eigenvalue weighted by atomic mass is 16.5. The third-order valence-corrected chi connectivity index (χ3v) is 8.28. The van der Waals surface area contributed by atoms with Gasteiger partial charge in [-0.2, -0.15) is 0 Å². The van der Waals surface area contributed by atoms with E-state index < -0.39 is 17.1 Å². The van der Waals surface area contributed by atoms with E-state index >= 15 is 0 Å². The predicted molar refractivity (Wildman–Crippen MR) is 94.1 cm³/mol. The highest BCUT2D eigenvalue weighted by Gasteiger charge is 2.76. The Hall–Kier alpha value is -1.59. The third-order valence-electron chi connectivity index (χ3n) is 8.28. The van der Waals surface area contributed by atoms with Crippen LogP contribution in [0.2, 0.25) is 0 Å². The fraction of sp³-hybridized carbons (Fsp3) is 0.667. The van der Waals surface area contributed by atoms with E-state index in [1.807, 2.05) is 6.07 Å². The van der Waals surface area contributed by atoms with E-state index in [0.29, 0.717) is 18.6 Å². The summed E-state index contributed by atoms with van der Waals surface area (Å²) in [6.45, 7) is 2.09. The van der Waals surface area contributed by atoms with Crippen molar-refractivity contribution in [2.45, 2.75) is 61.7 Å². The van der Waals surface area contributed by atoms with Crippen LogP contribution in [0.1, 0.15) is 43.2 Å². The van der Waals surface area contributed by atoms with Crippen molar-refractivity contribution in [2.24, 2.45) is 5.92 Å². The maximum absolute atomic E-state index is 12.8. The van der Waals surface area contributed by atoms with Crippen molar-refractivity contribution in [2.75, 3.05) is 20.1 Å². The number of Topliss-reactive ketones (excluding diaryl/α,β-unsaturated/α-hetero) is 1. The first-order valence-corrected chi connectivity index (χ1v) is 10.0. The number of benzene rings is 1. The number of aromatic hydroxyl groups is 1. The highest BCUT2D eigenvalue weighted by Crippen LogP contribution is 2.65. The number of piperidine rings is 1. The van der Waals surface area contributed by atoms with Gasteiger partial charge in [0.25, 0.3) is 0 Å². The Morgan fingerprint density at radius 1 is 1.31 bits per heavy atom. The van der Waals surface area contributed by atoms with Crippen LogP contribution in [0, 0.1) is 5.92 Å². The minimum atomic E-state index is -0.931. The van der Waals surface area contributed by atoms with E-state index in [1.54, 1.807) is 6.07 Å². The van der Waals surface area contributed by atoms with Gasteiger partial charge in [0.2, 0.25) is 0 Å². The van der Waals surface area contributed by atoms with Crippen molar-refractivity contribution in [1.29, 1.82) is 0 Å². The molecule has 2 bridgehead atoms. The standard InChI is InChI=1S/C21H25NO4/c1-22(11-12-2-3-12)9-8-20-17-13-4-5-14(23)18(17)26-19(20)15(24)6-7-21(20,25)16(22)10-13/h4-5,12,16,19,25H,2-3,6-11H2,1H3/p+1/t16-,19+,20+,21-,22+/m0/s1. The number of aliphatic hydroxyl groups is 1. The number of quaternary nitrogens is 1. The Kier molecular flexibility index (Phi) is 2.65. The molecule has 5 nitrogen and oxygen atoms in total. The fourth-order valence-electron chi connectivity index (χ4n) is 6.94. The molecule has 2 saturated carbocycles. The molecule has 0 radical (unpaired) electrons. The Labute approximate surface area is 153 Å². The van der Waals surface area contributed by atoms with Gasteiger partial charge in [0.1, 0.15) is 11.6 Å². The molecular formula is C21H26NO4+. The molecule has 1 aromatic rings. The van der Waals surface area contributed by atoms with Gasteiger partial charge in [-0.15, -0.1) is 0 Å². The third kappa shape index (κ3) is 1.55. The molecule has 1 spiro atoms. The van der Waals surface area contributed by atoms with Crippen molar-refractivity contribution in [3.05, 3.63) is 23.3 Å². The number of ether oxygens (including phenoxy) is 1. The molecule has 5 atom stereocenters. The summed E-state index contributed by atoms with van der Waals surface area (Å²) < 4.78 is 6.98. The minimum absolute atomic E-state index is 0.0789. The SMILES string of the molecule is C[N@+]1(CC2CC2)CC[C@@]23c4c5ccc(O)c4O[C@@H]2C(=O)CC[C@]3(O)[C@@H]1C5. The molecule has 3 fully saturated rings. The van der Waals surface area contributed by atoms with Crippen LogP contribution in [0.3, 0.4) is 0 Å². The number of carbonyl (C=O) groups is 1. The van der Waals surface area contributed by atoms with Crippen molar-refractivity contribution in [1.82, 2.24) is 0 Å². The van der Waals surface area contributed by atoms with Gasteiger partial charge in [0.05, 0.1) is 25.6 Å². The maximum atomic E-state index is 12.8. The molecule has 2 heterocycles. The van der Waals surface area contributed by atoms with E-state index in [0.717, 1.165) is 47.5 Å². The van der Waals surface area contributed by atoms with Gasteiger partial charge in [0, 0.05) is 30.7 Å². The van der Waals surface area contributed by atoms with E-state index in [4.69, 9.17) is 4.74 Å². The van der Waals surface area contributed by atoms with E-state index in [1.165, 1.54) is 12.8 Å². The molecule has 0 amide bonds. The van der Waals surface area contributed by atoms with E-state index in [2.05, 4.69) is 7.05 Å². The van der Waals surface area contributed by atoms with Gasteiger partial charge >= 0.3 is 0 Å². The number of carbonyl (C=O) groups excluding carboxylic acids is 1. The Morgan fingerprint density at radius 2 is 2.12 bits per heavy atom. The van der Waals surface area contributed by atoms with Crippen LogP contribution in [-0.4, -0.2) is 58.4 Å². The molecular weight excluding hydrogens is 330 g/mol. The second-order valence-electron chi connectivity index (χ2n) is 9.61. The second-order valence-corrected chi connectivity index (χ2v) is 9.61. The van der Waals surface area contributed by atoms with Crippen molar-refractivity contribution in [3.8, 4) is 11.5 Å². The molecule has 5 heteroatoms. The first-order valence-electron chi connectivity index (χ1n) is 10.0. The number of phenols is 1. The number of likely N-dealkylation sites (tertiary alicyclic amines) is 1. The summed E-state index contributed by atoms with van der Waals surface area (Å²) in [5.74, 6) is 1.42. The monoisotopic (exact) mass is 356 g/mol. The zero-order chi connectivity index (χ0) is 17.9. The molecule has 6 rings (SSSR count). The summed E-state index contributed by atoms with van der Waals surface area (Å²) in [6, 6.07) is 3.77. The lowest BCUT2D eigenvalue weighted by molar-refractivity contribution is -0.950. The highest BCUT2D eigenvalue weighted by molar-refractivity contribution is 5.90. The van der Waals surface area contributed by atoms with Gasteiger partial charge in [-0.25, -0.2) is 0 Å². The van der Waals surface area contributed by atoms with Gasteiger partial charge in [-0.1, -0.05) is 6.07 Å². The number of phenolic OH excluding ortho intramolecular Hbond substituents is 1. The lowest BCUT2D eigenvalue weighted by Gasteiger charge is -2.64. The van der Waals surface area contributed by atoms with Crippen LogP contribution in [0.4, 0.5) is 0 Å². The number of hydrogen-bond acceptors (Lipinski definition) is 4. The summed E-state index contributed by atoms with van der Waals surface area (Å²) >= 11 is 0. The molecule has 0 unspecified atom stereocenters. The van der Waals surface area contributed by atoms with E-state index in [-0.39, 0.29) is 17.6 Å². The number of nitrogens with zero attached hydrogens (tertiary/aromatic N) is 1. The molecule has 5 aliphatic rings. The van der Waals surface area contributed by atoms with Crippen LogP contribution < -0.4 is 4.74 Å². The number of rotatable bonds is 2. The first kappa shape index (κ1) is 15.5. The second kappa shape index (κ2) is 4.45. The molecule has 2 N–H and O–H groups in total. The summed E-state index contributed by atoms with van der Waals surface area (Å²) in [6.07, 6.45) is 4.42. The van der Waals surface area contributed by atoms with Gasteiger partial charge in [0.15, 0.2) is 23.4 Å². The summed E-state index contributed by atoms with van der Waals surface area (Å²) in [5, 5.41) is 22.5. The molecule has 0 aromatic heterocycles. The van der Waals surface area contributed by atoms with Gasteiger partial charge in [-0.3, -0.25) is 4.79 Å². The normalized spacial score (nSPS) is 45.2. The Morgan fingerprint density at radius 3 is 2.88 bits per heavy atom. The molecule has 1 saturated heterocycles. The number of ketones is 1. The fourth-order valence-corrected chi connectivity index (χ4v) is 6.94. The minimum Gasteiger partial charge on any atom is -0.504 e. The van der Waals surface area contributed by atoms with Crippen LogP contribution in [0.25, 0.3) is 0 Å². The quantitative estimate of drug-likeness (QED) is 0.791. The number of hydrogen-bond donors (Lipinski definition) is 2. The van der Waals surface area contributed by atoms with E-state index in [9.17, 15) is 15.0 Å². The van der Waals surface area contributed by atoms with Crippen LogP contribution in [0.15, 0.2) is 12.1 Å². The molecule has 138 valence electrons. The number of likely N-dealkylation sites (N-methyl/N-ethyl adjacent to an activating group) is 1. The molecule has 26 heavy (non-hydrogen) atoms. The van der Waals surface area contributed by atoms with Crippen LogP contribution in [-0.2, 0) is 16.6 Å². The zero-order valence-corrected chi connectivity index (χ0v) is 15.2. The van der Waals surface area contributed by atoms with Gasteiger partial charge < -0.3 is 19.4 Å². The topological polar surface area (TPSA) is 66.8 Å². The Balaban J connectivity index is 1.60. The van der Waals surface area contributed by atoms with Gasteiger partial charge in [-0.05, 0) is 30.9 Å². The summed E-state index contributed by atoms with van der Waals surface area (Å²) in [7, 11) is 2.31. The van der Waals surface area contributed by atoms with Crippen molar-refractivity contribution < 1.29 is 24.2 Å². The first-order chi connectivity index (χ1) is 12.4. The molecule has 1 aromatic carbocycles. The molecule has 2 aliphatic heterocycles. The smallest absolute Gasteiger partial charge is 0.174 e.